The molecule has 2 aromatic carbocycles. The van der Waals surface area contributed by atoms with Gasteiger partial charge in [-0.3, -0.25) is 9.59 Å². The van der Waals surface area contributed by atoms with E-state index in [0.717, 1.165) is 6.29 Å². The van der Waals surface area contributed by atoms with Crippen molar-refractivity contribution in [2.24, 2.45) is 0 Å². The van der Waals surface area contributed by atoms with Crippen LogP contribution >= 0.6 is 0 Å². The van der Waals surface area contributed by atoms with Gasteiger partial charge in [0.25, 0.3) is 5.09 Å². The van der Waals surface area contributed by atoms with Gasteiger partial charge < -0.3 is 14.3 Å². The van der Waals surface area contributed by atoms with Crippen molar-refractivity contribution in [2.75, 3.05) is 13.2 Å². The van der Waals surface area contributed by atoms with Crippen LogP contribution < -0.4 is 9.47 Å². The molecule has 0 spiro atoms. The molecule has 0 aromatic heterocycles. The van der Waals surface area contributed by atoms with Crippen LogP contribution in [0.2, 0.25) is 0 Å². The van der Waals surface area contributed by atoms with Gasteiger partial charge in [-0.2, -0.15) is 0 Å². The van der Waals surface area contributed by atoms with Gasteiger partial charge in [0, 0.05) is 24.5 Å². The number of hydrogen-bond acceptors (Lipinski definition) is 7. The molecular weight excluding hydrogens is 342 g/mol. The normalized spacial score (nSPS) is 10.0. The summed E-state index contributed by atoms with van der Waals surface area (Å²) in [7, 11) is 0. The Morgan fingerprint density at radius 2 is 1.92 bits per heavy atom. The minimum Gasteiger partial charge on any atom is -0.494 e. The molecule has 0 unspecified atom stereocenters. The first kappa shape index (κ1) is 18.9. The Morgan fingerprint density at radius 3 is 2.62 bits per heavy atom. The van der Waals surface area contributed by atoms with Crippen LogP contribution in [0.4, 0.5) is 0 Å². The molecule has 0 saturated heterocycles. The lowest BCUT2D eigenvalue weighted by Crippen LogP contribution is -2.07. The third kappa shape index (κ3) is 5.30. The highest BCUT2D eigenvalue weighted by molar-refractivity contribution is 5.90. The second kappa shape index (κ2) is 9.16. The lowest BCUT2D eigenvalue weighted by molar-refractivity contribution is -0.757. The lowest BCUT2D eigenvalue weighted by atomic mass is 9.99. The molecule has 0 saturated carbocycles. The summed E-state index contributed by atoms with van der Waals surface area (Å²) >= 11 is 0. The van der Waals surface area contributed by atoms with E-state index in [0.29, 0.717) is 34.6 Å². The second-order valence-corrected chi connectivity index (χ2v) is 5.22. The molecule has 8 nitrogen and oxygen atoms in total. The van der Waals surface area contributed by atoms with E-state index >= 15 is 0 Å². The molecule has 26 heavy (non-hydrogen) atoms. The average molecular weight is 359 g/mol. The Hall–Kier alpha value is -3.42. The van der Waals surface area contributed by atoms with Crippen molar-refractivity contribution in [3.8, 4) is 22.6 Å². The molecule has 2 aromatic rings. The summed E-state index contributed by atoms with van der Waals surface area (Å²) in [5.41, 5.74) is 1.57. The van der Waals surface area contributed by atoms with Crippen LogP contribution in [-0.4, -0.2) is 30.6 Å². The van der Waals surface area contributed by atoms with Crippen LogP contribution in [0.5, 0.6) is 11.5 Å². The SMILES string of the molecule is CC(=O)Oc1ccc(OCCCO[N+](=O)[O-])cc1-c1ccccc1C=O. The fraction of sp³-hybridized carbons (Fsp3) is 0.222. The van der Waals surface area contributed by atoms with Gasteiger partial charge in [-0.15, -0.1) is 10.1 Å². The van der Waals surface area contributed by atoms with Gasteiger partial charge in [-0.25, -0.2) is 0 Å². The van der Waals surface area contributed by atoms with Crippen molar-refractivity contribution in [2.45, 2.75) is 13.3 Å². The Morgan fingerprint density at radius 1 is 1.15 bits per heavy atom. The molecule has 0 radical (unpaired) electrons. The van der Waals surface area contributed by atoms with Crippen LogP contribution in [0, 0.1) is 10.1 Å². The maximum absolute atomic E-state index is 11.3. The average Bonchev–Trinajstić information content (AvgIpc) is 2.61. The Bertz CT molecular complexity index is 804. The van der Waals surface area contributed by atoms with Crippen molar-refractivity contribution in [1.29, 1.82) is 0 Å². The summed E-state index contributed by atoms with van der Waals surface area (Å²) in [6, 6.07) is 11.7. The predicted molar refractivity (Wildman–Crippen MR) is 91.6 cm³/mol. The second-order valence-electron chi connectivity index (χ2n) is 5.22. The zero-order chi connectivity index (χ0) is 18.9. The van der Waals surface area contributed by atoms with Crippen molar-refractivity contribution in [3.05, 3.63) is 58.1 Å². The van der Waals surface area contributed by atoms with E-state index in [4.69, 9.17) is 9.47 Å². The van der Waals surface area contributed by atoms with Crippen molar-refractivity contribution in [1.82, 2.24) is 0 Å². The topological polar surface area (TPSA) is 105 Å². The minimum atomic E-state index is -0.859. The molecule has 0 amide bonds. The molecule has 0 bridgehead atoms. The van der Waals surface area contributed by atoms with E-state index < -0.39 is 11.1 Å². The number of benzene rings is 2. The van der Waals surface area contributed by atoms with Crippen LogP contribution in [0.25, 0.3) is 11.1 Å². The summed E-state index contributed by atoms with van der Waals surface area (Å²) in [4.78, 5) is 37.0. The Balaban J connectivity index is 2.24. The number of carbonyl (C=O) groups is 2. The van der Waals surface area contributed by atoms with Crippen LogP contribution in [0.1, 0.15) is 23.7 Å². The number of rotatable bonds is 9. The number of carbonyl (C=O) groups excluding carboxylic acids is 2. The summed E-state index contributed by atoms with van der Waals surface area (Å²) < 4.78 is 10.8. The van der Waals surface area contributed by atoms with Gasteiger partial charge in [0.1, 0.15) is 11.5 Å². The lowest BCUT2D eigenvalue weighted by Gasteiger charge is -2.13. The van der Waals surface area contributed by atoms with Gasteiger partial charge in [-0.1, -0.05) is 24.3 Å². The molecule has 0 atom stereocenters. The highest BCUT2D eigenvalue weighted by Gasteiger charge is 2.13. The molecule has 8 heteroatoms. The molecule has 0 aliphatic heterocycles. The van der Waals surface area contributed by atoms with Crippen LogP contribution in [0.3, 0.4) is 0 Å². The van der Waals surface area contributed by atoms with Crippen LogP contribution in [-0.2, 0) is 9.63 Å². The number of esters is 1. The van der Waals surface area contributed by atoms with E-state index in [1.54, 1.807) is 42.5 Å². The van der Waals surface area contributed by atoms with Gasteiger partial charge in [0.05, 0.1) is 13.2 Å². The first-order chi connectivity index (χ1) is 12.5. The first-order valence-electron chi connectivity index (χ1n) is 7.78. The number of aldehydes is 1. The highest BCUT2D eigenvalue weighted by Crippen LogP contribution is 2.35. The maximum atomic E-state index is 11.3. The fourth-order valence-electron chi connectivity index (χ4n) is 2.29. The molecule has 0 aliphatic carbocycles. The standard InChI is InChI=1S/C18H17NO7/c1-13(21)26-18-8-7-15(24-9-4-10-25-19(22)23)11-17(18)16-6-3-2-5-14(16)12-20/h2-3,5-8,11-12H,4,9-10H2,1H3. The summed E-state index contributed by atoms with van der Waals surface area (Å²) in [6.45, 7) is 1.42. The van der Waals surface area contributed by atoms with E-state index in [-0.39, 0.29) is 13.2 Å². The zero-order valence-electron chi connectivity index (χ0n) is 14.0. The Labute approximate surface area is 149 Å². The summed E-state index contributed by atoms with van der Waals surface area (Å²) in [5.74, 6) is 0.286. The smallest absolute Gasteiger partial charge is 0.308 e. The third-order valence-electron chi connectivity index (χ3n) is 3.34. The van der Waals surface area contributed by atoms with E-state index in [1.807, 2.05) is 0 Å². The van der Waals surface area contributed by atoms with Gasteiger partial charge in [-0.05, 0) is 23.8 Å². The molecular formula is C18H17NO7. The van der Waals surface area contributed by atoms with Gasteiger partial charge in [0.15, 0.2) is 6.29 Å². The van der Waals surface area contributed by atoms with Crippen molar-refractivity contribution >= 4 is 12.3 Å². The largest absolute Gasteiger partial charge is 0.494 e. The van der Waals surface area contributed by atoms with E-state index in [9.17, 15) is 19.7 Å². The summed E-state index contributed by atoms with van der Waals surface area (Å²) in [5, 5.41) is 9.23. The number of hydrogen-bond donors (Lipinski definition) is 0. The summed E-state index contributed by atoms with van der Waals surface area (Å²) in [6.07, 6.45) is 1.04. The molecule has 136 valence electrons. The molecule has 0 aliphatic rings. The first-order valence-corrected chi connectivity index (χ1v) is 7.78. The fourth-order valence-corrected chi connectivity index (χ4v) is 2.29. The number of nitrogens with zero attached hydrogens (tertiary/aromatic N) is 1. The molecule has 2 rings (SSSR count). The Kier molecular flexibility index (Phi) is 6.67. The number of ether oxygens (including phenoxy) is 2. The minimum absolute atomic E-state index is 0.0701. The quantitative estimate of drug-likeness (QED) is 0.169. The van der Waals surface area contributed by atoms with Crippen LogP contribution in [0.15, 0.2) is 42.5 Å². The molecule has 0 heterocycles. The van der Waals surface area contributed by atoms with E-state index in [2.05, 4.69) is 4.84 Å². The van der Waals surface area contributed by atoms with Gasteiger partial charge >= 0.3 is 5.97 Å². The molecule has 0 fully saturated rings. The van der Waals surface area contributed by atoms with Gasteiger partial charge in [0.2, 0.25) is 0 Å². The van der Waals surface area contributed by atoms with E-state index in [1.165, 1.54) is 6.92 Å². The van der Waals surface area contributed by atoms with Crippen molar-refractivity contribution in [3.63, 3.8) is 0 Å². The third-order valence-corrected chi connectivity index (χ3v) is 3.34. The predicted octanol–water partition coefficient (Wildman–Crippen LogP) is 3.07. The zero-order valence-corrected chi connectivity index (χ0v) is 14.0. The highest BCUT2D eigenvalue weighted by atomic mass is 16.9. The maximum Gasteiger partial charge on any atom is 0.308 e. The van der Waals surface area contributed by atoms with Crippen molar-refractivity contribution < 1.29 is 29.0 Å². The molecule has 0 N–H and O–H groups in total. The monoisotopic (exact) mass is 359 g/mol.